The molecule has 0 aromatic heterocycles. The first kappa shape index (κ1) is 14.2. The maximum Gasteiger partial charge on any atom is 0.0378 e. The molecule has 0 atom stereocenters. The second-order valence-electron chi connectivity index (χ2n) is 6.42. The van der Waals surface area contributed by atoms with E-state index in [0.717, 1.165) is 12.3 Å². The lowest BCUT2D eigenvalue weighted by Crippen LogP contribution is -2.25. The number of para-hydroxylation sites is 1. The van der Waals surface area contributed by atoms with Crippen molar-refractivity contribution in [2.45, 2.75) is 45.1 Å². The van der Waals surface area contributed by atoms with Crippen molar-refractivity contribution in [3.8, 4) is 0 Å². The summed E-state index contributed by atoms with van der Waals surface area (Å²) in [6.45, 7) is 2.37. The van der Waals surface area contributed by atoms with Gasteiger partial charge in [0.25, 0.3) is 0 Å². The first-order valence-electron chi connectivity index (χ1n) is 8.19. The molecule has 0 saturated heterocycles. The summed E-state index contributed by atoms with van der Waals surface area (Å²) in [4.78, 5) is 0. The maximum atomic E-state index is 3.79. The fourth-order valence-corrected chi connectivity index (χ4v) is 3.26. The van der Waals surface area contributed by atoms with E-state index in [-0.39, 0.29) is 0 Å². The molecule has 1 N–H and O–H groups in total. The molecule has 0 heterocycles. The summed E-state index contributed by atoms with van der Waals surface area (Å²) < 4.78 is 0. The van der Waals surface area contributed by atoms with E-state index in [2.05, 4.69) is 66.8 Å². The van der Waals surface area contributed by atoms with Crippen LogP contribution in [0.15, 0.2) is 54.6 Å². The molecule has 0 aliphatic heterocycles. The first-order valence-corrected chi connectivity index (χ1v) is 8.19. The van der Waals surface area contributed by atoms with E-state index in [9.17, 15) is 0 Å². The van der Waals surface area contributed by atoms with Gasteiger partial charge in [0.1, 0.15) is 0 Å². The molecule has 0 spiro atoms. The zero-order valence-corrected chi connectivity index (χ0v) is 12.9. The summed E-state index contributed by atoms with van der Waals surface area (Å²) >= 11 is 0. The van der Waals surface area contributed by atoms with Gasteiger partial charge in [-0.2, -0.15) is 0 Å². The minimum atomic E-state index is 0.651. The van der Waals surface area contributed by atoms with E-state index in [4.69, 9.17) is 0 Å². The fourth-order valence-electron chi connectivity index (χ4n) is 3.26. The van der Waals surface area contributed by atoms with Crippen molar-refractivity contribution in [3.05, 3.63) is 65.7 Å². The Labute approximate surface area is 128 Å². The third-order valence-electron chi connectivity index (χ3n) is 4.63. The molecule has 1 saturated carbocycles. The minimum absolute atomic E-state index is 0.651. The Kier molecular flexibility index (Phi) is 4.59. The van der Waals surface area contributed by atoms with E-state index < -0.39 is 0 Å². The van der Waals surface area contributed by atoms with E-state index in [1.165, 1.54) is 42.5 Å². The highest BCUT2D eigenvalue weighted by molar-refractivity contribution is 5.53. The summed E-state index contributed by atoms with van der Waals surface area (Å²) in [5.74, 6) is 0.905. The Balaban J connectivity index is 1.70. The molecule has 1 aliphatic carbocycles. The molecule has 0 bridgehead atoms. The number of hydrogen-bond acceptors (Lipinski definition) is 1. The lowest BCUT2D eigenvalue weighted by molar-refractivity contribution is 0.361. The Hall–Kier alpha value is -1.76. The van der Waals surface area contributed by atoms with Crippen LogP contribution in [0, 0.1) is 5.92 Å². The van der Waals surface area contributed by atoms with Crippen LogP contribution in [0.5, 0.6) is 0 Å². The quantitative estimate of drug-likeness (QED) is 0.804. The number of anilines is 1. The van der Waals surface area contributed by atoms with Crippen molar-refractivity contribution in [3.63, 3.8) is 0 Å². The van der Waals surface area contributed by atoms with Crippen molar-refractivity contribution in [1.82, 2.24) is 0 Å². The SMILES string of the molecule is CC1CCC(Nc2ccccc2Cc2ccccc2)CC1. The van der Waals surface area contributed by atoms with Crippen molar-refractivity contribution in [2.75, 3.05) is 5.32 Å². The van der Waals surface area contributed by atoms with Crippen molar-refractivity contribution in [2.24, 2.45) is 5.92 Å². The summed E-state index contributed by atoms with van der Waals surface area (Å²) in [5.41, 5.74) is 4.10. The third kappa shape index (κ3) is 3.87. The van der Waals surface area contributed by atoms with E-state index >= 15 is 0 Å². The normalized spacial score (nSPS) is 22.0. The second kappa shape index (κ2) is 6.80. The van der Waals surface area contributed by atoms with E-state index in [1.807, 2.05) is 0 Å². The fraction of sp³-hybridized carbons (Fsp3) is 0.400. The number of rotatable bonds is 4. The van der Waals surface area contributed by atoms with Gasteiger partial charge in [-0.25, -0.2) is 0 Å². The van der Waals surface area contributed by atoms with Crippen LogP contribution in [-0.4, -0.2) is 6.04 Å². The van der Waals surface area contributed by atoms with Gasteiger partial charge in [-0.1, -0.05) is 55.5 Å². The molecule has 2 aromatic carbocycles. The summed E-state index contributed by atoms with van der Waals surface area (Å²) in [6.07, 6.45) is 6.34. The smallest absolute Gasteiger partial charge is 0.0378 e. The number of benzene rings is 2. The lowest BCUT2D eigenvalue weighted by Gasteiger charge is -2.28. The van der Waals surface area contributed by atoms with Gasteiger partial charge in [0.15, 0.2) is 0 Å². The molecule has 0 amide bonds. The molecule has 0 unspecified atom stereocenters. The molecule has 1 aliphatic rings. The number of nitrogens with one attached hydrogen (secondary N) is 1. The van der Waals surface area contributed by atoms with Crippen LogP contribution in [0.25, 0.3) is 0 Å². The average Bonchev–Trinajstić information content (AvgIpc) is 2.52. The van der Waals surface area contributed by atoms with Crippen LogP contribution in [0.3, 0.4) is 0 Å². The van der Waals surface area contributed by atoms with Gasteiger partial charge >= 0.3 is 0 Å². The molecule has 1 nitrogen and oxygen atoms in total. The third-order valence-corrected chi connectivity index (χ3v) is 4.63. The largest absolute Gasteiger partial charge is 0.382 e. The van der Waals surface area contributed by atoms with Crippen LogP contribution in [0.2, 0.25) is 0 Å². The Morgan fingerprint density at radius 3 is 2.29 bits per heavy atom. The van der Waals surface area contributed by atoms with Gasteiger partial charge in [0.2, 0.25) is 0 Å². The highest BCUT2D eigenvalue weighted by atomic mass is 14.9. The molecule has 110 valence electrons. The van der Waals surface area contributed by atoms with Gasteiger partial charge in [0.05, 0.1) is 0 Å². The Bertz CT molecular complexity index is 553. The molecule has 3 rings (SSSR count). The van der Waals surface area contributed by atoms with Gasteiger partial charge in [-0.15, -0.1) is 0 Å². The van der Waals surface area contributed by atoms with Crippen LogP contribution in [-0.2, 0) is 6.42 Å². The van der Waals surface area contributed by atoms with Gasteiger partial charge < -0.3 is 5.32 Å². The Morgan fingerprint density at radius 2 is 1.52 bits per heavy atom. The standard InChI is InChI=1S/C20H25N/c1-16-11-13-19(14-12-16)21-20-10-6-5-9-18(20)15-17-7-3-2-4-8-17/h2-10,16,19,21H,11-15H2,1H3. The lowest BCUT2D eigenvalue weighted by atomic mass is 9.87. The van der Waals surface area contributed by atoms with Crippen LogP contribution < -0.4 is 5.32 Å². The summed E-state index contributed by atoms with van der Waals surface area (Å²) in [6, 6.07) is 20.2. The van der Waals surface area contributed by atoms with E-state index in [0.29, 0.717) is 6.04 Å². The van der Waals surface area contributed by atoms with Crippen molar-refractivity contribution >= 4 is 5.69 Å². The van der Waals surface area contributed by atoms with Crippen molar-refractivity contribution in [1.29, 1.82) is 0 Å². The molecule has 1 fully saturated rings. The number of hydrogen-bond donors (Lipinski definition) is 1. The van der Waals surface area contributed by atoms with Gasteiger partial charge in [-0.05, 0) is 55.2 Å². The maximum absolute atomic E-state index is 3.79. The topological polar surface area (TPSA) is 12.0 Å². The van der Waals surface area contributed by atoms with Gasteiger partial charge in [0, 0.05) is 11.7 Å². The van der Waals surface area contributed by atoms with Gasteiger partial charge in [-0.3, -0.25) is 0 Å². The molecular weight excluding hydrogens is 254 g/mol. The zero-order chi connectivity index (χ0) is 14.5. The Morgan fingerprint density at radius 1 is 0.857 bits per heavy atom. The molecule has 2 aromatic rings. The first-order chi connectivity index (χ1) is 10.3. The van der Waals surface area contributed by atoms with Crippen LogP contribution in [0.4, 0.5) is 5.69 Å². The molecular formula is C20H25N. The highest BCUT2D eigenvalue weighted by Crippen LogP contribution is 2.28. The van der Waals surface area contributed by atoms with E-state index in [1.54, 1.807) is 0 Å². The van der Waals surface area contributed by atoms with Crippen LogP contribution in [0.1, 0.15) is 43.7 Å². The molecule has 0 radical (unpaired) electrons. The minimum Gasteiger partial charge on any atom is -0.382 e. The second-order valence-corrected chi connectivity index (χ2v) is 6.42. The zero-order valence-electron chi connectivity index (χ0n) is 12.9. The summed E-state index contributed by atoms with van der Waals surface area (Å²) in [5, 5.41) is 3.79. The van der Waals surface area contributed by atoms with Crippen molar-refractivity contribution < 1.29 is 0 Å². The predicted octanol–water partition coefficient (Wildman–Crippen LogP) is 5.27. The molecule has 1 heteroatoms. The average molecular weight is 279 g/mol. The monoisotopic (exact) mass is 279 g/mol. The summed E-state index contributed by atoms with van der Waals surface area (Å²) in [7, 11) is 0. The molecule has 21 heavy (non-hydrogen) atoms. The predicted molar refractivity (Wildman–Crippen MR) is 90.7 cm³/mol. The highest BCUT2D eigenvalue weighted by Gasteiger charge is 2.18. The van der Waals surface area contributed by atoms with Crippen LogP contribution >= 0.6 is 0 Å².